The summed E-state index contributed by atoms with van der Waals surface area (Å²) in [4.78, 5) is 0. The zero-order chi connectivity index (χ0) is 13.1. The van der Waals surface area contributed by atoms with Gasteiger partial charge in [0.05, 0.1) is 0 Å². The van der Waals surface area contributed by atoms with E-state index in [1.165, 1.54) is 16.7 Å². The average Bonchev–Trinajstić information content (AvgIpc) is 2.61. The van der Waals surface area contributed by atoms with E-state index in [-0.39, 0.29) is 0 Å². The second kappa shape index (κ2) is 9.45. The zero-order valence-corrected chi connectivity index (χ0v) is 11.3. The van der Waals surface area contributed by atoms with Gasteiger partial charge >= 0.3 is 0 Å². The molecule has 0 radical (unpaired) electrons. The molecule has 0 aromatic rings. The van der Waals surface area contributed by atoms with Gasteiger partial charge in [0.25, 0.3) is 0 Å². The van der Waals surface area contributed by atoms with Gasteiger partial charge < -0.3 is 0 Å². The van der Waals surface area contributed by atoms with Gasteiger partial charge in [-0.25, -0.2) is 0 Å². The van der Waals surface area contributed by atoms with Gasteiger partial charge in [0, 0.05) is 0 Å². The Bertz CT molecular complexity index is 434. The lowest BCUT2D eigenvalue weighted by molar-refractivity contribution is 1.50. The highest BCUT2D eigenvalue weighted by molar-refractivity contribution is 5.69. The van der Waals surface area contributed by atoms with Crippen LogP contribution in [0.15, 0.2) is 60.9 Å². The van der Waals surface area contributed by atoms with Crippen LogP contribution in [-0.4, -0.2) is 0 Å². The molecule has 0 heterocycles. The summed E-state index contributed by atoms with van der Waals surface area (Å²) >= 11 is 0. The van der Waals surface area contributed by atoms with Crippen molar-refractivity contribution < 1.29 is 0 Å². The molecule has 17 heavy (non-hydrogen) atoms. The van der Waals surface area contributed by atoms with Crippen LogP contribution in [0.5, 0.6) is 0 Å². The summed E-state index contributed by atoms with van der Waals surface area (Å²) in [5, 5.41) is 0. The van der Waals surface area contributed by atoms with E-state index in [2.05, 4.69) is 61.7 Å². The predicted octanol–water partition coefficient (Wildman–Crippen LogP) is 5.47. The van der Waals surface area contributed by atoms with Crippen molar-refractivity contribution in [2.24, 2.45) is 0 Å². The van der Waals surface area contributed by atoms with Crippen molar-refractivity contribution in [3.8, 4) is 11.1 Å². The standard InChI is InChI=1S/C11H10.C4H6.C2H6/c1-9-7-8-10-5-3-2-4-6-11(9)10;1-3-4-2;1-2/h2-8H,1H3;4H,1H2,2H3;1-2H3. The second-order valence-corrected chi connectivity index (χ2v) is 3.29. The number of allylic oxidation sites excluding steroid dienone is 1. The summed E-state index contributed by atoms with van der Waals surface area (Å²) in [6.45, 7) is 11.3. The molecule has 0 bridgehead atoms. The molecule has 2 rings (SSSR count). The summed E-state index contributed by atoms with van der Waals surface area (Å²) in [5.41, 5.74) is 6.60. The molecule has 0 amide bonds. The fourth-order valence-corrected chi connectivity index (χ4v) is 1.37. The van der Waals surface area contributed by atoms with Crippen molar-refractivity contribution >= 4 is 0 Å². The minimum Gasteiger partial charge on any atom is -0.133 e. The lowest BCUT2D eigenvalue weighted by Gasteiger charge is -1.91. The van der Waals surface area contributed by atoms with Gasteiger partial charge in [-0.15, -0.1) is 5.73 Å². The van der Waals surface area contributed by atoms with E-state index in [1.54, 1.807) is 6.08 Å². The molecular weight excluding hydrogens is 204 g/mol. The molecule has 0 unspecified atom stereocenters. The van der Waals surface area contributed by atoms with Crippen LogP contribution in [0.1, 0.15) is 26.3 Å². The Hall–Kier alpha value is -1.78. The van der Waals surface area contributed by atoms with Gasteiger partial charge in [-0.05, 0) is 36.6 Å². The smallest absolute Gasteiger partial charge is 0.0155 e. The van der Waals surface area contributed by atoms with Gasteiger partial charge in [-0.3, -0.25) is 0 Å². The Morgan fingerprint density at radius 3 is 2.18 bits per heavy atom. The first kappa shape index (κ1) is 15.2. The van der Waals surface area contributed by atoms with Crippen LogP contribution in [0.2, 0.25) is 0 Å². The summed E-state index contributed by atoms with van der Waals surface area (Å²) in [6, 6.07) is 14.8. The molecule has 0 N–H and O–H groups in total. The van der Waals surface area contributed by atoms with Crippen molar-refractivity contribution in [2.75, 3.05) is 0 Å². The second-order valence-electron chi connectivity index (χ2n) is 3.29. The maximum atomic E-state index is 3.30. The van der Waals surface area contributed by atoms with Crippen molar-refractivity contribution in [3.05, 3.63) is 66.4 Å². The third kappa shape index (κ3) is 5.19. The molecule has 90 valence electrons. The predicted molar refractivity (Wildman–Crippen MR) is 78.5 cm³/mol. The van der Waals surface area contributed by atoms with Crippen LogP contribution in [0.4, 0.5) is 0 Å². The fraction of sp³-hybridized carbons (Fsp3) is 0.235. The van der Waals surface area contributed by atoms with Crippen LogP contribution in [0.3, 0.4) is 0 Å². The first-order chi connectivity index (χ1) is 8.29. The molecule has 0 spiro atoms. The molecule has 0 aliphatic heterocycles. The SMILES string of the molecule is C=C=CC.CC.Cc1ccc2cccccc1-2. The molecule has 0 atom stereocenters. The molecule has 0 nitrogen and oxygen atoms in total. The first-order valence-electron chi connectivity index (χ1n) is 6.04. The van der Waals surface area contributed by atoms with Gasteiger partial charge in [0.15, 0.2) is 0 Å². The molecule has 0 heteroatoms. The highest BCUT2D eigenvalue weighted by atomic mass is 14.1. The maximum Gasteiger partial charge on any atom is -0.0155 e. The van der Waals surface area contributed by atoms with Crippen LogP contribution in [0, 0.1) is 6.92 Å². The molecule has 0 saturated heterocycles. The number of hydrogen-bond donors (Lipinski definition) is 0. The van der Waals surface area contributed by atoms with E-state index < -0.39 is 0 Å². The Labute approximate surface area is 106 Å². The lowest BCUT2D eigenvalue weighted by Crippen LogP contribution is -1.67. The highest BCUT2D eigenvalue weighted by Crippen LogP contribution is 2.25. The van der Waals surface area contributed by atoms with E-state index in [9.17, 15) is 0 Å². The lowest BCUT2D eigenvalue weighted by atomic mass is 10.1. The van der Waals surface area contributed by atoms with Gasteiger partial charge in [-0.2, -0.15) is 0 Å². The monoisotopic (exact) mass is 226 g/mol. The number of fused-ring (bicyclic) bond motifs is 1. The third-order valence-corrected chi connectivity index (χ3v) is 2.21. The topological polar surface area (TPSA) is 0 Å². The summed E-state index contributed by atoms with van der Waals surface area (Å²) in [6.07, 6.45) is 1.76. The fourth-order valence-electron chi connectivity index (χ4n) is 1.37. The molecule has 0 fully saturated rings. The minimum absolute atomic E-state index is 1.33. The van der Waals surface area contributed by atoms with Gasteiger partial charge in [0.2, 0.25) is 0 Å². The number of hydrogen-bond acceptors (Lipinski definition) is 0. The van der Waals surface area contributed by atoms with E-state index >= 15 is 0 Å². The van der Waals surface area contributed by atoms with E-state index in [4.69, 9.17) is 0 Å². The molecular formula is C17H22. The highest BCUT2D eigenvalue weighted by Gasteiger charge is 2.01. The third-order valence-electron chi connectivity index (χ3n) is 2.21. The Morgan fingerprint density at radius 1 is 1.00 bits per heavy atom. The minimum atomic E-state index is 1.33. The van der Waals surface area contributed by atoms with Crippen LogP contribution < -0.4 is 0 Å². The van der Waals surface area contributed by atoms with Crippen molar-refractivity contribution in [1.82, 2.24) is 0 Å². The van der Waals surface area contributed by atoms with E-state index in [0.717, 1.165) is 0 Å². The van der Waals surface area contributed by atoms with Crippen molar-refractivity contribution in [1.29, 1.82) is 0 Å². The number of aryl methyl sites for hydroxylation is 1. The maximum absolute atomic E-state index is 3.30. The zero-order valence-electron chi connectivity index (χ0n) is 11.3. The van der Waals surface area contributed by atoms with Crippen LogP contribution in [0.25, 0.3) is 11.1 Å². The Kier molecular flexibility index (Phi) is 8.46. The number of rotatable bonds is 0. The van der Waals surface area contributed by atoms with Gasteiger partial charge in [-0.1, -0.05) is 62.9 Å². The molecule has 0 aromatic heterocycles. The van der Waals surface area contributed by atoms with E-state index in [0.29, 0.717) is 0 Å². The molecule has 2 aliphatic rings. The summed E-state index contributed by atoms with van der Waals surface area (Å²) < 4.78 is 0. The largest absolute Gasteiger partial charge is 0.133 e. The molecule has 0 saturated carbocycles. The molecule has 2 aliphatic carbocycles. The Balaban J connectivity index is 0.000000368. The van der Waals surface area contributed by atoms with Crippen LogP contribution >= 0.6 is 0 Å². The summed E-state index contributed by atoms with van der Waals surface area (Å²) in [7, 11) is 0. The molecule has 0 aromatic carbocycles. The first-order valence-corrected chi connectivity index (χ1v) is 6.04. The van der Waals surface area contributed by atoms with Crippen LogP contribution in [-0.2, 0) is 0 Å². The van der Waals surface area contributed by atoms with Gasteiger partial charge in [0.1, 0.15) is 0 Å². The average molecular weight is 226 g/mol. The Morgan fingerprint density at radius 2 is 1.59 bits per heavy atom. The quantitative estimate of drug-likeness (QED) is 0.522. The normalized spacial score (nSPS) is 8.00. The van der Waals surface area contributed by atoms with E-state index in [1.807, 2.05) is 20.8 Å². The summed E-state index contributed by atoms with van der Waals surface area (Å²) in [5.74, 6) is 0. The van der Waals surface area contributed by atoms with Crippen molar-refractivity contribution in [3.63, 3.8) is 0 Å². The van der Waals surface area contributed by atoms with Crippen molar-refractivity contribution in [2.45, 2.75) is 27.7 Å².